The van der Waals surface area contributed by atoms with Crippen LogP contribution in [-0.2, 0) is 16.1 Å². The molecular formula is C30H24N6O6. The smallest absolute Gasteiger partial charge is 0.419 e. The van der Waals surface area contributed by atoms with Gasteiger partial charge < -0.3 is 19.2 Å². The number of fused-ring (bicyclic) bond motifs is 1. The maximum Gasteiger partial charge on any atom is 0.419 e. The summed E-state index contributed by atoms with van der Waals surface area (Å²) in [6.45, 7) is 2.61. The van der Waals surface area contributed by atoms with Gasteiger partial charge in [0.25, 0.3) is 11.5 Å². The van der Waals surface area contributed by atoms with Gasteiger partial charge in [0.1, 0.15) is 17.3 Å². The molecule has 6 rings (SSSR count). The number of nitrogens with one attached hydrogen (secondary N) is 2. The Morgan fingerprint density at radius 2 is 1.81 bits per heavy atom. The molecule has 12 heteroatoms. The summed E-state index contributed by atoms with van der Waals surface area (Å²) in [5.41, 5.74) is 3.91. The molecule has 1 fully saturated rings. The molecule has 2 amide bonds. The molecule has 0 aliphatic carbocycles. The Balaban J connectivity index is 1.36. The zero-order valence-electron chi connectivity index (χ0n) is 22.6. The lowest BCUT2D eigenvalue weighted by atomic mass is 10.0. The first kappa shape index (κ1) is 26.4. The monoisotopic (exact) mass is 564 g/mol. The highest BCUT2D eigenvalue weighted by atomic mass is 16.6. The molecule has 0 unspecified atom stereocenters. The van der Waals surface area contributed by atoms with Gasteiger partial charge in [-0.1, -0.05) is 41.6 Å². The minimum Gasteiger partial charge on any atom is -0.497 e. The van der Waals surface area contributed by atoms with Gasteiger partial charge in [-0.2, -0.15) is 0 Å². The number of aromatic nitrogens is 5. The fraction of sp³-hybridized carbons (Fsp3) is 0.133. The van der Waals surface area contributed by atoms with E-state index in [0.29, 0.717) is 41.5 Å². The van der Waals surface area contributed by atoms with Gasteiger partial charge in [-0.15, -0.1) is 5.10 Å². The Morgan fingerprint density at radius 3 is 2.55 bits per heavy atom. The van der Waals surface area contributed by atoms with Crippen LogP contribution in [0.5, 0.6) is 11.5 Å². The number of imide groups is 1. The van der Waals surface area contributed by atoms with Crippen molar-refractivity contribution >= 4 is 29.2 Å². The summed E-state index contributed by atoms with van der Waals surface area (Å²) >= 11 is 0. The number of hydrogen-bond acceptors (Lipinski definition) is 9. The van der Waals surface area contributed by atoms with E-state index in [0.717, 1.165) is 22.4 Å². The second kappa shape index (κ2) is 11.0. The molecule has 2 N–H and O–H groups in total. The highest BCUT2D eigenvalue weighted by Crippen LogP contribution is 2.33. The Labute approximate surface area is 238 Å². The molecule has 210 valence electrons. The molecular weight excluding hydrogens is 540 g/mol. The number of hydrogen-bond donors (Lipinski definition) is 2. The molecule has 0 bridgehead atoms. The number of nitrogens with zero attached hydrogens (tertiary/aromatic N) is 4. The maximum absolute atomic E-state index is 13.0. The van der Waals surface area contributed by atoms with E-state index in [9.17, 15) is 14.4 Å². The van der Waals surface area contributed by atoms with Gasteiger partial charge in [0, 0.05) is 0 Å². The lowest BCUT2D eigenvalue weighted by Gasteiger charge is -2.13. The molecule has 1 aliphatic heterocycles. The first-order valence-corrected chi connectivity index (χ1v) is 13.0. The van der Waals surface area contributed by atoms with Crippen molar-refractivity contribution in [2.24, 2.45) is 0 Å². The van der Waals surface area contributed by atoms with Crippen LogP contribution in [-0.4, -0.2) is 50.7 Å². The quantitative estimate of drug-likeness (QED) is 0.267. The van der Waals surface area contributed by atoms with E-state index in [1.807, 2.05) is 67.6 Å². The SMILES string of the molecule is CCOc1cc(-c2cccc(/C=C3\OC(=O)NC3=O)c2)ccc1-c1nc2c(nnn2Cc2ccc(OC)cc2)c(=O)[nH]1. The van der Waals surface area contributed by atoms with Crippen molar-refractivity contribution in [3.05, 3.63) is 94.0 Å². The van der Waals surface area contributed by atoms with Crippen molar-refractivity contribution in [2.75, 3.05) is 13.7 Å². The van der Waals surface area contributed by atoms with Gasteiger partial charge in [-0.3, -0.25) is 14.9 Å². The number of carbonyl (C=O) groups is 2. The summed E-state index contributed by atoms with van der Waals surface area (Å²) in [7, 11) is 1.60. The predicted octanol–water partition coefficient (Wildman–Crippen LogP) is 3.91. The van der Waals surface area contributed by atoms with Crippen molar-refractivity contribution in [2.45, 2.75) is 13.5 Å². The number of ether oxygens (including phenoxy) is 3. The second-order valence-corrected chi connectivity index (χ2v) is 9.30. The van der Waals surface area contributed by atoms with Crippen molar-refractivity contribution < 1.29 is 23.8 Å². The highest BCUT2D eigenvalue weighted by molar-refractivity contribution is 6.09. The molecule has 3 heterocycles. The first-order chi connectivity index (χ1) is 20.4. The topological polar surface area (TPSA) is 150 Å². The summed E-state index contributed by atoms with van der Waals surface area (Å²) in [5, 5.41) is 10.3. The number of amides is 2. The molecule has 1 saturated heterocycles. The Kier molecular flexibility index (Phi) is 6.93. The van der Waals surface area contributed by atoms with E-state index in [1.54, 1.807) is 17.9 Å². The molecule has 1 aliphatic rings. The third kappa shape index (κ3) is 5.20. The van der Waals surface area contributed by atoms with Crippen LogP contribution in [0.1, 0.15) is 18.1 Å². The molecule has 42 heavy (non-hydrogen) atoms. The van der Waals surface area contributed by atoms with Gasteiger partial charge in [0.05, 0.1) is 25.8 Å². The molecule has 0 radical (unpaired) electrons. The lowest BCUT2D eigenvalue weighted by Crippen LogP contribution is -2.18. The number of H-pyrrole nitrogens is 1. The molecule has 5 aromatic rings. The van der Waals surface area contributed by atoms with E-state index < -0.39 is 17.6 Å². The molecule has 0 atom stereocenters. The average molecular weight is 565 g/mol. The standard InChI is InChI=1S/C30H24N6O6/c1-3-41-23-15-20(19-6-4-5-18(13-19)14-24-28(37)33-30(39)42-24)9-12-22(23)26-31-27-25(29(38)32-26)34-35-36(27)16-17-7-10-21(40-2)11-8-17/h4-15H,3,16H2,1-2H3,(H,31,32,38)(H,33,37,39)/b24-14-. The summed E-state index contributed by atoms with van der Waals surface area (Å²) in [6.07, 6.45) is 0.693. The summed E-state index contributed by atoms with van der Waals surface area (Å²) in [4.78, 5) is 43.7. The molecule has 0 saturated carbocycles. The average Bonchev–Trinajstić information content (AvgIpc) is 3.55. The van der Waals surface area contributed by atoms with Crippen LogP contribution in [0.15, 0.2) is 77.3 Å². The summed E-state index contributed by atoms with van der Waals surface area (Å²) in [6, 6.07) is 20.4. The van der Waals surface area contributed by atoms with Crippen LogP contribution < -0.4 is 20.3 Å². The van der Waals surface area contributed by atoms with E-state index in [1.165, 1.54) is 6.08 Å². The maximum atomic E-state index is 13.0. The number of alkyl carbamates (subject to hydrolysis) is 1. The van der Waals surface area contributed by atoms with E-state index in [-0.39, 0.29) is 11.3 Å². The number of methoxy groups -OCH3 is 1. The van der Waals surface area contributed by atoms with Gasteiger partial charge in [0.2, 0.25) is 0 Å². The fourth-order valence-corrected chi connectivity index (χ4v) is 4.56. The largest absolute Gasteiger partial charge is 0.497 e. The Hall–Kier alpha value is -5.78. The minimum atomic E-state index is -0.802. The third-order valence-electron chi connectivity index (χ3n) is 6.56. The van der Waals surface area contributed by atoms with Crippen molar-refractivity contribution in [3.8, 4) is 34.0 Å². The second-order valence-electron chi connectivity index (χ2n) is 9.30. The number of benzene rings is 3. The van der Waals surface area contributed by atoms with E-state index in [4.69, 9.17) is 19.2 Å². The van der Waals surface area contributed by atoms with Crippen LogP contribution in [0.4, 0.5) is 4.79 Å². The first-order valence-electron chi connectivity index (χ1n) is 13.0. The van der Waals surface area contributed by atoms with Crippen LogP contribution in [0.2, 0.25) is 0 Å². The fourth-order valence-electron chi connectivity index (χ4n) is 4.56. The zero-order valence-corrected chi connectivity index (χ0v) is 22.6. The van der Waals surface area contributed by atoms with Crippen molar-refractivity contribution in [3.63, 3.8) is 0 Å². The third-order valence-corrected chi connectivity index (χ3v) is 6.56. The lowest BCUT2D eigenvalue weighted by molar-refractivity contribution is -0.116. The van der Waals surface area contributed by atoms with Gasteiger partial charge in [-0.05, 0) is 65.6 Å². The minimum absolute atomic E-state index is 0.0753. The van der Waals surface area contributed by atoms with Gasteiger partial charge in [-0.25, -0.2) is 14.5 Å². The van der Waals surface area contributed by atoms with Gasteiger partial charge in [0.15, 0.2) is 16.9 Å². The number of rotatable bonds is 8. The van der Waals surface area contributed by atoms with Gasteiger partial charge >= 0.3 is 6.09 Å². The highest BCUT2D eigenvalue weighted by Gasteiger charge is 2.26. The van der Waals surface area contributed by atoms with Crippen LogP contribution in [0, 0.1) is 0 Å². The molecule has 0 spiro atoms. The summed E-state index contributed by atoms with van der Waals surface area (Å²) in [5.74, 6) is 0.898. The van der Waals surface area contributed by atoms with Crippen molar-refractivity contribution in [1.82, 2.24) is 30.3 Å². The molecule has 3 aromatic carbocycles. The molecule has 2 aromatic heterocycles. The number of carbonyl (C=O) groups excluding carboxylic acids is 2. The number of aromatic amines is 1. The Bertz CT molecular complexity index is 1930. The van der Waals surface area contributed by atoms with Crippen LogP contribution in [0.3, 0.4) is 0 Å². The zero-order chi connectivity index (χ0) is 29.2. The summed E-state index contributed by atoms with van der Waals surface area (Å²) < 4.78 is 17.7. The van der Waals surface area contributed by atoms with Crippen LogP contribution in [0.25, 0.3) is 39.8 Å². The van der Waals surface area contributed by atoms with E-state index >= 15 is 0 Å². The predicted molar refractivity (Wildman–Crippen MR) is 153 cm³/mol. The normalized spacial score (nSPS) is 13.8. The van der Waals surface area contributed by atoms with Crippen LogP contribution >= 0.6 is 0 Å². The molecule has 12 nitrogen and oxygen atoms in total. The van der Waals surface area contributed by atoms with E-state index in [2.05, 4.69) is 20.6 Å². The Morgan fingerprint density at radius 1 is 1.00 bits per heavy atom. The number of cyclic esters (lactones) is 1. The van der Waals surface area contributed by atoms with Crippen molar-refractivity contribution in [1.29, 1.82) is 0 Å².